The number of nitrogen functional groups attached to an aromatic ring is 1. The average molecular weight is 374 g/mol. The molecule has 0 aliphatic rings. The van der Waals surface area contributed by atoms with Crippen LogP contribution in [0.15, 0.2) is 37.6 Å². The number of furan rings is 1. The van der Waals surface area contributed by atoms with Gasteiger partial charge < -0.3 is 15.5 Å². The second-order valence-corrected chi connectivity index (χ2v) is 5.43. The molecule has 1 amide bonds. The van der Waals surface area contributed by atoms with E-state index in [9.17, 15) is 4.79 Å². The summed E-state index contributed by atoms with van der Waals surface area (Å²) in [7, 11) is 0. The quantitative estimate of drug-likeness (QED) is 0.783. The van der Waals surface area contributed by atoms with Crippen molar-refractivity contribution in [2.75, 3.05) is 11.1 Å². The summed E-state index contributed by atoms with van der Waals surface area (Å²) in [5.74, 6) is 0.646. The van der Waals surface area contributed by atoms with Crippen molar-refractivity contribution in [3.63, 3.8) is 0 Å². The lowest BCUT2D eigenvalue weighted by Gasteiger charge is -2.09. The van der Waals surface area contributed by atoms with E-state index in [1.165, 1.54) is 0 Å². The van der Waals surface area contributed by atoms with Crippen molar-refractivity contribution in [2.24, 2.45) is 0 Å². The molecular weight excluding hydrogens is 364 g/mol. The Kier molecular flexibility index (Phi) is 3.77. The maximum atomic E-state index is 11.9. The van der Waals surface area contributed by atoms with Gasteiger partial charge in [-0.1, -0.05) is 0 Å². The van der Waals surface area contributed by atoms with Crippen molar-refractivity contribution >= 4 is 49.1 Å². The summed E-state index contributed by atoms with van der Waals surface area (Å²) in [6, 6.07) is 6.80. The highest BCUT2D eigenvalue weighted by Gasteiger charge is 2.14. The molecule has 0 saturated carbocycles. The van der Waals surface area contributed by atoms with Crippen LogP contribution in [-0.4, -0.2) is 5.91 Å². The standard InChI is InChI=1S/C12H10Br2N2O2/c1-6-2-3-10(18-6)12(17)16-11-8(13)4-7(15)5-9(11)14/h2-5H,15H2,1H3,(H,16,17). The van der Waals surface area contributed by atoms with E-state index in [1.54, 1.807) is 31.2 Å². The molecule has 94 valence electrons. The lowest BCUT2D eigenvalue weighted by atomic mass is 10.3. The van der Waals surface area contributed by atoms with Crippen LogP contribution in [-0.2, 0) is 0 Å². The van der Waals surface area contributed by atoms with Crippen LogP contribution in [0.5, 0.6) is 0 Å². The van der Waals surface area contributed by atoms with Gasteiger partial charge in [-0.3, -0.25) is 4.79 Å². The number of hydrogen-bond acceptors (Lipinski definition) is 3. The highest BCUT2D eigenvalue weighted by Crippen LogP contribution is 2.33. The summed E-state index contributed by atoms with van der Waals surface area (Å²) in [4.78, 5) is 11.9. The van der Waals surface area contributed by atoms with Crippen molar-refractivity contribution < 1.29 is 9.21 Å². The van der Waals surface area contributed by atoms with E-state index in [1.807, 2.05) is 0 Å². The number of anilines is 2. The molecule has 1 aromatic carbocycles. The Morgan fingerprint density at radius 2 is 1.89 bits per heavy atom. The largest absolute Gasteiger partial charge is 0.456 e. The number of nitrogens with one attached hydrogen (secondary N) is 1. The van der Waals surface area contributed by atoms with Crippen LogP contribution < -0.4 is 11.1 Å². The number of carbonyl (C=O) groups excluding carboxylic acids is 1. The Hall–Kier alpha value is -1.27. The highest BCUT2D eigenvalue weighted by atomic mass is 79.9. The van der Waals surface area contributed by atoms with E-state index in [-0.39, 0.29) is 11.7 Å². The number of hydrogen-bond donors (Lipinski definition) is 2. The molecule has 4 nitrogen and oxygen atoms in total. The predicted molar refractivity (Wildman–Crippen MR) is 77.7 cm³/mol. The molecular formula is C12H10Br2N2O2. The van der Waals surface area contributed by atoms with Gasteiger partial charge in [0.05, 0.1) is 5.69 Å². The Labute approximate surface area is 121 Å². The molecule has 2 aromatic rings. The normalized spacial score (nSPS) is 10.4. The van der Waals surface area contributed by atoms with Gasteiger partial charge in [0.1, 0.15) is 5.76 Å². The Balaban J connectivity index is 2.27. The first kappa shape index (κ1) is 13.2. The zero-order valence-electron chi connectivity index (χ0n) is 9.46. The fraction of sp³-hybridized carbons (Fsp3) is 0.0833. The second-order valence-electron chi connectivity index (χ2n) is 3.72. The molecule has 1 aromatic heterocycles. The van der Waals surface area contributed by atoms with Crippen molar-refractivity contribution in [3.05, 3.63) is 44.7 Å². The van der Waals surface area contributed by atoms with E-state index in [2.05, 4.69) is 37.2 Å². The predicted octanol–water partition coefficient (Wildman–Crippen LogP) is 3.95. The fourth-order valence-corrected chi connectivity index (χ4v) is 2.86. The zero-order valence-corrected chi connectivity index (χ0v) is 12.6. The summed E-state index contributed by atoms with van der Waals surface area (Å²) in [6.45, 7) is 1.78. The number of benzene rings is 1. The highest BCUT2D eigenvalue weighted by molar-refractivity contribution is 9.11. The molecule has 2 rings (SSSR count). The topological polar surface area (TPSA) is 68.3 Å². The van der Waals surface area contributed by atoms with Gasteiger partial charge in [0.2, 0.25) is 0 Å². The molecule has 0 bridgehead atoms. The third kappa shape index (κ3) is 2.76. The minimum atomic E-state index is -0.311. The molecule has 0 unspecified atom stereocenters. The van der Waals surface area contributed by atoms with Gasteiger partial charge in [0.25, 0.3) is 5.91 Å². The lowest BCUT2D eigenvalue weighted by molar-refractivity contribution is 0.0995. The van der Waals surface area contributed by atoms with Gasteiger partial charge in [-0.15, -0.1) is 0 Å². The van der Waals surface area contributed by atoms with Gasteiger partial charge in [-0.05, 0) is 63.0 Å². The molecule has 6 heteroatoms. The zero-order chi connectivity index (χ0) is 13.3. The Bertz CT molecular complexity index is 585. The van der Waals surface area contributed by atoms with Crippen molar-refractivity contribution in [1.29, 1.82) is 0 Å². The van der Waals surface area contributed by atoms with Gasteiger partial charge in [0, 0.05) is 14.6 Å². The van der Waals surface area contributed by atoms with Crippen LogP contribution in [0.2, 0.25) is 0 Å². The molecule has 1 heterocycles. The van der Waals surface area contributed by atoms with Crippen LogP contribution in [0.3, 0.4) is 0 Å². The Morgan fingerprint density at radius 3 is 2.39 bits per heavy atom. The molecule has 3 N–H and O–H groups in total. The van der Waals surface area contributed by atoms with Crippen LogP contribution >= 0.6 is 31.9 Å². The van der Waals surface area contributed by atoms with E-state index in [0.717, 1.165) is 0 Å². The van der Waals surface area contributed by atoms with Gasteiger partial charge in [0.15, 0.2) is 5.76 Å². The maximum Gasteiger partial charge on any atom is 0.291 e. The summed E-state index contributed by atoms with van der Waals surface area (Å²) < 4.78 is 6.65. The molecule has 0 aliphatic carbocycles. The molecule has 0 saturated heterocycles. The van der Waals surface area contributed by atoms with Crippen molar-refractivity contribution in [1.82, 2.24) is 0 Å². The SMILES string of the molecule is Cc1ccc(C(=O)Nc2c(Br)cc(N)cc2Br)o1. The van der Waals surface area contributed by atoms with Crippen molar-refractivity contribution in [2.45, 2.75) is 6.92 Å². The minimum Gasteiger partial charge on any atom is -0.456 e. The van der Waals surface area contributed by atoms with Crippen molar-refractivity contribution in [3.8, 4) is 0 Å². The molecule has 0 aliphatic heterocycles. The van der Waals surface area contributed by atoms with Crippen LogP contribution in [0.1, 0.15) is 16.3 Å². The van der Waals surface area contributed by atoms with Crippen LogP contribution in [0.25, 0.3) is 0 Å². The van der Waals surface area contributed by atoms with E-state index in [0.29, 0.717) is 26.1 Å². The van der Waals surface area contributed by atoms with Gasteiger partial charge >= 0.3 is 0 Å². The lowest BCUT2D eigenvalue weighted by Crippen LogP contribution is -2.12. The number of nitrogens with two attached hydrogens (primary N) is 1. The maximum absolute atomic E-state index is 11.9. The number of aryl methyl sites for hydroxylation is 1. The number of halogens is 2. The summed E-state index contributed by atoms with van der Waals surface area (Å²) >= 11 is 6.70. The number of amides is 1. The summed E-state index contributed by atoms with van der Waals surface area (Å²) in [6.07, 6.45) is 0. The fourth-order valence-electron chi connectivity index (χ4n) is 1.44. The Morgan fingerprint density at radius 1 is 1.28 bits per heavy atom. The first-order valence-corrected chi connectivity index (χ1v) is 6.68. The third-order valence-corrected chi connectivity index (χ3v) is 3.52. The smallest absolute Gasteiger partial charge is 0.291 e. The van der Waals surface area contributed by atoms with E-state index < -0.39 is 0 Å². The average Bonchev–Trinajstić information content (AvgIpc) is 2.70. The van der Waals surface area contributed by atoms with Crippen LogP contribution in [0, 0.1) is 6.92 Å². The van der Waals surface area contributed by atoms with Gasteiger partial charge in [-0.2, -0.15) is 0 Å². The molecule has 0 spiro atoms. The van der Waals surface area contributed by atoms with E-state index >= 15 is 0 Å². The monoisotopic (exact) mass is 372 g/mol. The summed E-state index contributed by atoms with van der Waals surface area (Å²) in [5, 5.41) is 2.75. The van der Waals surface area contributed by atoms with Gasteiger partial charge in [-0.25, -0.2) is 0 Å². The van der Waals surface area contributed by atoms with Crippen LogP contribution in [0.4, 0.5) is 11.4 Å². The van der Waals surface area contributed by atoms with E-state index in [4.69, 9.17) is 10.2 Å². The summed E-state index contributed by atoms with van der Waals surface area (Å²) in [5.41, 5.74) is 6.89. The first-order chi connectivity index (χ1) is 8.47. The first-order valence-electron chi connectivity index (χ1n) is 5.09. The third-order valence-electron chi connectivity index (χ3n) is 2.27. The molecule has 18 heavy (non-hydrogen) atoms. The number of carbonyl (C=O) groups is 1. The molecule has 0 atom stereocenters. The molecule has 0 radical (unpaired) electrons. The number of rotatable bonds is 2. The molecule has 0 fully saturated rings. The second kappa shape index (κ2) is 5.16. The minimum absolute atomic E-state index is 0.267.